The SMILES string of the molecule is CCCCNc1c(C(=O)OCC)cnc2noc(C)c12. The highest BCUT2D eigenvalue weighted by atomic mass is 16.5. The first-order chi connectivity index (χ1) is 9.69. The second-order valence-corrected chi connectivity index (χ2v) is 4.49. The van der Waals surface area contributed by atoms with Crippen molar-refractivity contribution in [1.82, 2.24) is 10.1 Å². The Morgan fingerprint density at radius 1 is 1.45 bits per heavy atom. The van der Waals surface area contributed by atoms with E-state index in [-0.39, 0.29) is 5.97 Å². The maximum atomic E-state index is 12.0. The maximum absolute atomic E-state index is 12.0. The number of carbonyl (C=O) groups is 1. The van der Waals surface area contributed by atoms with Crippen molar-refractivity contribution in [1.29, 1.82) is 0 Å². The van der Waals surface area contributed by atoms with Crippen molar-refractivity contribution in [2.24, 2.45) is 0 Å². The normalized spacial score (nSPS) is 10.8. The van der Waals surface area contributed by atoms with Crippen LogP contribution in [0.3, 0.4) is 0 Å². The van der Waals surface area contributed by atoms with Crippen molar-refractivity contribution < 1.29 is 14.1 Å². The van der Waals surface area contributed by atoms with E-state index in [4.69, 9.17) is 9.26 Å². The van der Waals surface area contributed by atoms with E-state index in [0.717, 1.165) is 24.8 Å². The van der Waals surface area contributed by atoms with Gasteiger partial charge in [0.05, 0.1) is 17.7 Å². The van der Waals surface area contributed by atoms with E-state index in [1.165, 1.54) is 6.20 Å². The lowest BCUT2D eigenvalue weighted by molar-refractivity contribution is 0.0527. The molecule has 108 valence electrons. The Kier molecular flexibility index (Phi) is 4.55. The van der Waals surface area contributed by atoms with Crippen molar-refractivity contribution in [3.8, 4) is 0 Å². The summed E-state index contributed by atoms with van der Waals surface area (Å²) < 4.78 is 10.2. The highest BCUT2D eigenvalue weighted by Crippen LogP contribution is 2.29. The fourth-order valence-corrected chi connectivity index (χ4v) is 2.00. The van der Waals surface area contributed by atoms with E-state index < -0.39 is 0 Å². The van der Waals surface area contributed by atoms with Crippen LogP contribution in [0.2, 0.25) is 0 Å². The van der Waals surface area contributed by atoms with E-state index in [9.17, 15) is 4.79 Å². The van der Waals surface area contributed by atoms with Gasteiger partial charge in [-0.15, -0.1) is 0 Å². The number of rotatable bonds is 6. The van der Waals surface area contributed by atoms with Gasteiger partial charge in [-0.1, -0.05) is 18.5 Å². The number of anilines is 1. The minimum atomic E-state index is -0.388. The molecule has 6 nitrogen and oxygen atoms in total. The molecule has 0 bridgehead atoms. The van der Waals surface area contributed by atoms with Gasteiger partial charge in [0.15, 0.2) is 0 Å². The Morgan fingerprint density at radius 2 is 2.25 bits per heavy atom. The number of carbonyl (C=O) groups excluding carboxylic acids is 1. The largest absolute Gasteiger partial charge is 0.462 e. The van der Waals surface area contributed by atoms with Crippen LogP contribution in [-0.2, 0) is 4.74 Å². The highest BCUT2D eigenvalue weighted by Gasteiger charge is 2.20. The molecule has 0 fully saturated rings. The van der Waals surface area contributed by atoms with Crippen LogP contribution in [0.25, 0.3) is 11.0 Å². The number of hydrogen-bond acceptors (Lipinski definition) is 6. The summed E-state index contributed by atoms with van der Waals surface area (Å²) in [5, 5.41) is 7.90. The molecule has 0 aliphatic rings. The molecular formula is C14H19N3O3. The summed E-state index contributed by atoms with van der Waals surface area (Å²) in [5.74, 6) is 0.249. The summed E-state index contributed by atoms with van der Waals surface area (Å²) in [6, 6.07) is 0. The molecule has 2 rings (SSSR count). The third kappa shape index (κ3) is 2.74. The number of hydrogen-bond donors (Lipinski definition) is 1. The molecule has 0 spiro atoms. The molecule has 20 heavy (non-hydrogen) atoms. The first kappa shape index (κ1) is 14.3. The van der Waals surface area contributed by atoms with Gasteiger partial charge >= 0.3 is 5.97 Å². The quantitative estimate of drug-likeness (QED) is 0.646. The molecule has 0 aliphatic heterocycles. The average Bonchev–Trinajstić information content (AvgIpc) is 2.81. The maximum Gasteiger partial charge on any atom is 0.341 e. The van der Waals surface area contributed by atoms with Crippen LogP contribution in [0.1, 0.15) is 42.8 Å². The minimum absolute atomic E-state index is 0.327. The molecule has 0 aliphatic carbocycles. The van der Waals surface area contributed by atoms with Gasteiger partial charge in [0.1, 0.15) is 11.3 Å². The molecule has 2 aromatic heterocycles. The van der Waals surface area contributed by atoms with Gasteiger partial charge in [-0.25, -0.2) is 9.78 Å². The van der Waals surface area contributed by atoms with Crippen LogP contribution < -0.4 is 5.32 Å². The van der Waals surface area contributed by atoms with Crippen LogP contribution in [0, 0.1) is 6.92 Å². The number of esters is 1. The molecule has 0 saturated heterocycles. The standard InChI is InChI=1S/C14H19N3O3/c1-4-6-7-15-12-10(14(18)19-5-2)8-16-13-11(12)9(3)20-17-13/h8,15H,4-7H2,1-3H3. The van der Waals surface area contributed by atoms with E-state index in [2.05, 4.69) is 22.4 Å². The molecule has 6 heteroatoms. The number of nitrogens with one attached hydrogen (secondary N) is 1. The second-order valence-electron chi connectivity index (χ2n) is 4.49. The van der Waals surface area contributed by atoms with Gasteiger partial charge in [-0.2, -0.15) is 0 Å². The first-order valence-electron chi connectivity index (χ1n) is 6.85. The van der Waals surface area contributed by atoms with Gasteiger partial charge in [-0.05, 0) is 20.3 Å². The van der Waals surface area contributed by atoms with Crippen molar-refractivity contribution >= 4 is 22.7 Å². The molecule has 2 aromatic rings. The summed E-state index contributed by atoms with van der Waals surface area (Å²) in [6.45, 7) is 6.79. The Balaban J connectivity index is 2.46. The molecule has 0 aromatic carbocycles. The Morgan fingerprint density at radius 3 is 2.95 bits per heavy atom. The van der Waals surface area contributed by atoms with Crippen LogP contribution in [0.5, 0.6) is 0 Å². The average molecular weight is 277 g/mol. The summed E-state index contributed by atoms with van der Waals surface area (Å²) in [7, 11) is 0. The van der Waals surface area contributed by atoms with Crippen LogP contribution in [0.4, 0.5) is 5.69 Å². The van der Waals surface area contributed by atoms with Crippen molar-refractivity contribution in [2.75, 3.05) is 18.5 Å². The number of ether oxygens (including phenoxy) is 1. The monoisotopic (exact) mass is 277 g/mol. The molecular weight excluding hydrogens is 258 g/mol. The molecule has 2 heterocycles. The van der Waals surface area contributed by atoms with Crippen molar-refractivity contribution in [3.63, 3.8) is 0 Å². The van der Waals surface area contributed by atoms with Gasteiger partial charge in [0.25, 0.3) is 0 Å². The zero-order chi connectivity index (χ0) is 14.5. The van der Waals surface area contributed by atoms with Crippen LogP contribution in [0.15, 0.2) is 10.7 Å². The van der Waals surface area contributed by atoms with Crippen molar-refractivity contribution in [2.45, 2.75) is 33.6 Å². The molecule has 0 saturated carbocycles. The third-order valence-corrected chi connectivity index (χ3v) is 3.01. The Labute approximate surface area is 117 Å². The minimum Gasteiger partial charge on any atom is -0.462 e. The van der Waals surface area contributed by atoms with E-state index in [1.807, 2.05) is 0 Å². The molecule has 0 radical (unpaired) electrons. The number of nitrogens with zero attached hydrogens (tertiary/aromatic N) is 2. The third-order valence-electron chi connectivity index (χ3n) is 3.01. The number of unbranched alkanes of at least 4 members (excludes halogenated alkanes) is 1. The number of pyridine rings is 1. The molecule has 1 N–H and O–H groups in total. The topological polar surface area (TPSA) is 77.2 Å². The van der Waals surface area contributed by atoms with Crippen LogP contribution >= 0.6 is 0 Å². The van der Waals surface area contributed by atoms with E-state index in [1.54, 1.807) is 13.8 Å². The predicted molar refractivity (Wildman–Crippen MR) is 75.9 cm³/mol. The van der Waals surface area contributed by atoms with Crippen molar-refractivity contribution in [3.05, 3.63) is 17.5 Å². The summed E-state index contributed by atoms with van der Waals surface area (Å²) in [6.07, 6.45) is 3.56. The Hall–Kier alpha value is -2.11. The summed E-state index contributed by atoms with van der Waals surface area (Å²) in [4.78, 5) is 16.2. The lowest BCUT2D eigenvalue weighted by Crippen LogP contribution is -2.12. The molecule has 0 amide bonds. The Bertz CT molecular complexity index is 607. The lowest BCUT2D eigenvalue weighted by Gasteiger charge is -2.11. The number of aryl methyl sites for hydroxylation is 1. The van der Waals surface area contributed by atoms with Crippen LogP contribution in [-0.4, -0.2) is 29.3 Å². The zero-order valence-electron chi connectivity index (χ0n) is 12.0. The smallest absolute Gasteiger partial charge is 0.341 e. The summed E-state index contributed by atoms with van der Waals surface area (Å²) >= 11 is 0. The van der Waals surface area contributed by atoms with E-state index >= 15 is 0 Å². The first-order valence-corrected chi connectivity index (χ1v) is 6.85. The molecule has 0 atom stereocenters. The summed E-state index contributed by atoms with van der Waals surface area (Å²) in [5.41, 5.74) is 1.61. The zero-order valence-corrected chi connectivity index (χ0v) is 12.0. The number of aromatic nitrogens is 2. The van der Waals surface area contributed by atoms with Gasteiger partial charge in [-0.3, -0.25) is 0 Å². The number of fused-ring (bicyclic) bond motifs is 1. The fourth-order valence-electron chi connectivity index (χ4n) is 2.00. The van der Waals surface area contributed by atoms with Gasteiger partial charge in [0.2, 0.25) is 5.65 Å². The molecule has 0 unspecified atom stereocenters. The highest BCUT2D eigenvalue weighted by molar-refractivity contribution is 6.04. The van der Waals surface area contributed by atoms with Gasteiger partial charge in [0, 0.05) is 12.7 Å². The van der Waals surface area contributed by atoms with Gasteiger partial charge < -0.3 is 14.6 Å². The fraction of sp³-hybridized carbons (Fsp3) is 0.500. The lowest BCUT2D eigenvalue weighted by atomic mass is 10.1. The predicted octanol–water partition coefficient (Wildman–Crippen LogP) is 2.92. The van der Waals surface area contributed by atoms with E-state index in [0.29, 0.717) is 29.3 Å². The second kappa shape index (κ2) is 6.36.